The van der Waals surface area contributed by atoms with Gasteiger partial charge >= 0.3 is 12.1 Å². The number of hydrogen-bond donors (Lipinski definition) is 2. The molecule has 0 spiro atoms. The highest BCUT2D eigenvalue weighted by atomic mass is 35.5. The van der Waals surface area contributed by atoms with Gasteiger partial charge in [-0.2, -0.15) is 0 Å². The van der Waals surface area contributed by atoms with Crippen LogP contribution in [-0.4, -0.2) is 23.8 Å². The van der Waals surface area contributed by atoms with Crippen LogP contribution in [0.25, 0.3) is 0 Å². The van der Waals surface area contributed by atoms with E-state index in [-0.39, 0.29) is 13.0 Å². The summed E-state index contributed by atoms with van der Waals surface area (Å²) in [5, 5.41) is 12.0. The Morgan fingerprint density at radius 2 is 1.95 bits per heavy atom. The summed E-state index contributed by atoms with van der Waals surface area (Å²) < 4.78 is 4.76. The van der Waals surface area contributed by atoms with Crippen LogP contribution in [0.1, 0.15) is 18.0 Å². The first kappa shape index (κ1) is 16.3. The van der Waals surface area contributed by atoms with Gasteiger partial charge in [-0.05, 0) is 23.8 Å². The van der Waals surface area contributed by atoms with Crippen molar-refractivity contribution in [2.24, 2.45) is 0 Å². The summed E-state index contributed by atoms with van der Waals surface area (Å²) in [4.78, 5) is 22.4. The molecular formula is C13H13Cl2NO4. The molecule has 1 aromatic rings. The number of amides is 1. The maximum atomic E-state index is 11.5. The molecule has 20 heavy (non-hydrogen) atoms. The number of benzene rings is 1. The molecule has 0 unspecified atom stereocenters. The van der Waals surface area contributed by atoms with Gasteiger partial charge in [-0.25, -0.2) is 4.79 Å². The van der Waals surface area contributed by atoms with Crippen LogP contribution in [0.2, 0.25) is 10.0 Å². The highest BCUT2D eigenvalue weighted by Gasteiger charge is 2.19. The van der Waals surface area contributed by atoms with E-state index in [0.29, 0.717) is 15.6 Å². The van der Waals surface area contributed by atoms with E-state index in [0.717, 1.165) is 0 Å². The third-order valence-electron chi connectivity index (χ3n) is 2.29. The lowest BCUT2D eigenvalue weighted by Crippen LogP contribution is -2.30. The van der Waals surface area contributed by atoms with Crippen LogP contribution in [0, 0.1) is 0 Å². The third-order valence-corrected chi connectivity index (χ3v) is 2.73. The zero-order chi connectivity index (χ0) is 15.1. The minimum Gasteiger partial charge on any atom is -0.481 e. The number of hydrogen-bond acceptors (Lipinski definition) is 3. The van der Waals surface area contributed by atoms with Crippen molar-refractivity contribution in [3.8, 4) is 0 Å². The van der Waals surface area contributed by atoms with Gasteiger partial charge in [-0.3, -0.25) is 4.79 Å². The number of carbonyl (C=O) groups excluding carboxylic acids is 1. The molecule has 0 heterocycles. The van der Waals surface area contributed by atoms with Crippen molar-refractivity contribution in [2.75, 3.05) is 6.61 Å². The summed E-state index contributed by atoms with van der Waals surface area (Å²) in [5.74, 6) is -1.07. The standard InChI is InChI=1S/C13H13Cl2NO4/c1-2-3-20-13(19)16-11(7-12(17)18)8-4-9(14)6-10(15)5-8/h2,4-6,11H,1,3,7H2,(H,16,19)(H,17,18)/t11-/m0/s1. The van der Waals surface area contributed by atoms with Crippen molar-refractivity contribution in [3.05, 3.63) is 46.5 Å². The lowest BCUT2D eigenvalue weighted by Gasteiger charge is -2.17. The van der Waals surface area contributed by atoms with Crippen molar-refractivity contribution >= 4 is 35.3 Å². The summed E-state index contributed by atoms with van der Waals surface area (Å²) in [6.45, 7) is 3.44. The van der Waals surface area contributed by atoms with Crippen molar-refractivity contribution in [3.63, 3.8) is 0 Å². The Morgan fingerprint density at radius 1 is 1.35 bits per heavy atom. The number of carboxylic acids is 1. The van der Waals surface area contributed by atoms with Gasteiger partial charge in [0.15, 0.2) is 0 Å². The Labute approximate surface area is 126 Å². The largest absolute Gasteiger partial charge is 0.481 e. The lowest BCUT2D eigenvalue weighted by atomic mass is 10.0. The Hall–Kier alpha value is -1.72. The van der Waals surface area contributed by atoms with Gasteiger partial charge in [0.25, 0.3) is 0 Å². The second-order valence-electron chi connectivity index (χ2n) is 3.88. The number of nitrogens with one attached hydrogen (secondary N) is 1. The van der Waals surface area contributed by atoms with Crippen LogP contribution in [0.15, 0.2) is 30.9 Å². The first-order chi connectivity index (χ1) is 9.42. The van der Waals surface area contributed by atoms with Crippen molar-refractivity contribution in [1.29, 1.82) is 0 Å². The van der Waals surface area contributed by atoms with Gasteiger partial charge in [0.1, 0.15) is 6.61 Å². The molecule has 0 aliphatic rings. The Balaban J connectivity index is 2.90. The molecule has 1 atom stereocenters. The van der Waals surface area contributed by atoms with Gasteiger partial charge < -0.3 is 15.2 Å². The van der Waals surface area contributed by atoms with E-state index in [1.807, 2.05) is 0 Å². The second-order valence-corrected chi connectivity index (χ2v) is 4.76. The van der Waals surface area contributed by atoms with E-state index in [4.69, 9.17) is 33.0 Å². The fourth-order valence-corrected chi connectivity index (χ4v) is 2.06. The van der Waals surface area contributed by atoms with Crippen LogP contribution in [-0.2, 0) is 9.53 Å². The zero-order valence-electron chi connectivity index (χ0n) is 10.4. The Kier molecular flexibility index (Phi) is 6.35. The third kappa shape index (κ3) is 5.50. The molecule has 0 saturated carbocycles. The monoisotopic (exact) mass is 317 g/mol. The Morgan fingerprint density at radius 3 is 2.45 bits per heavy atom. The molecule has 1 rings (SSSR count). The SMILES string of the molecule is C=CCOC(=O)N[C@@H](CC(=O)O)c1cc(Cl)cc(Cl)c1. The maximum absolute atomic E-state index is 11.5. The van der Waals surface area contributed by atoms with Crippen molar-refractivity contribution < 1.29 is 19.4 Å². The molecule has 0 bridgehead atoms. The van der Waals surface area contributed by atoms with E-state index in [2.05, 4.69) is 11.9 Å². The molecule has 1 aromatic carbocycles. The molecule has 0 radical (unpaired) electrons. The molecule has 0 aromatic heterocycles. The molecule has 0 aliphatic heterocycles. The molecule has 7 heteroatoms. The van der Waals surface area contributed by atoms with Gasteiger partial charge in [0.2, 0.25) is 0 Å². The number of halogens is 2. The molecule has 0 fully saturated rings. The highest BCUT2D eigenvalue weighted by Crippen LogP contribution is 2.25. The predicted molar refractivity (Wildman–Crippen MR) is 76.1 cm³/mol. The molecule has 2 N–H and O–H groups in total. The number of carboxylic acid groups (broad SMARTS) is 1. The summed E-state index contributed by atoms with van der Waals surface area (Å²) in [5.41, 5.74) is 0.487. The van der Waals surface area contributed by atoms with Crippen LogP contribution in [0.5, 0.6) is 0 Å². The van der Waals surface area contributed by atoms with Gasteiger partial charge in [-0.1, -0.05) is 35.9 Å². The number of ether oxygens (including phenoxy) is 1. The molecule has 0 saturated heterocycles. The minimum atomic E-state index is -1.07. The summed E-state index contributed by atoms with van der Waals surface area (Å²) in [6.07, 6.45) is 0.342. The average molecular weight is 318 g/mol. The second kappa shape index (κ2) is 7.77. The summed E-state index contributed by atoms with van der Waals surface area (Å²) in [7, 11) is 0. The maximum Gasteiger partial charge on any atom is 0.407 e. The molecule has 108 valence electrons. The lowest BCUT2D eigenvalue weighted by molar-refractivity contribution is -0.137. The topological polar surface area (TPSA) is 75.6 Å². The van der Waals surface area contributed by atoms with Gasteiger partial charge in [-0.15, -0.1) is 0 Å². The summed E-state index contributed by atoms with van der Waals surface area (Å²) in [6, 6.07) is 3.80. The number of alkyl carbamates (subject to hydrolysis) is 1. The minimum absolute atomic E-state index is 0.0297. The molecule has 0 aliphatic carbocycles. The molecular weight excluding hydrogens is 305 g/mol. The molecule has 1 amide bonds. The van der Waals surface area contributed by atoms with E-state index >= 15 is 0 Å². The smallest absolute Gasteiger partial charge is 0.407 e. The van der Waals surface area contributed by atoms with Crippen LogP contribution < -0.4 is 5.32 Å². The quantitative estimate of drug-likeness (QED) is 0.788. The van der Waals surface area contributed by atoms with Gasteiger partial charge in [0, 0.05) is 10.0 Å². The van der Waals surface area contributed by atoms with Crippen molar-refractivity contribution in [1.82, 2.24) is 5.32 Å². The molecule has 5 nitrogen and oxygen atoms in total. The summed E-state index contributed by atoms with van der Waals surface area (Å²) >= 11 is 11.7. The van der Waals surface area contributed by atoms with E-state index in [1.165, 1.54) is 24.3 Å². The number of aliphatic carboxylic acids is 1. The Bertz CT molecular complexity index is 499. The fraction of sp³-hybridized carbons (Fsp3) is 0.231. The number of rotatable bonds is 6. The van der Waals surface area contributed by atoms with Crippen LogP contribution in [0.4, 0.5) is 4.79 Å². The van der Waals surface area contributed by atoms with E-state index in [9.17, 15) is 9.59 Å². The average Bonchev–Trinajstić information content (AvgIpc) is 2.33. The van der Waals surface area contributed by atoms with Gasteiger partial charge in [0.05, 0.1) is 12.5 Å². The van der Waals surface area contributed by atoms with Crippen LogP contribution in [0.3, 0.4) is 0 Å². The number of carbonyl (C=O) groups is 2. The highest BCUT2D eigenvalue weighted by molar-refractivity contribution is 6.34. The van der Waals surface area contributed by atoms with E-state index < -0.39 is 18.1 Å². The predicted octanol–water partition coefficient (Wildman–Crippen LogP) is 3.42. The van der Waals surface area contributed by atoms with Crippen LogP contribution >= 0.6 is 23.2 Å². The normalized spacial score (nSPS) is 11.5. The van der Waals surface area contributed by atoms with E-state index in [1.54, 1.807) is 0 Å². The van der Waals surface area contributed by atoms with Crippen molar-refractivity contribution in [2.45, 2.75) is 12.5 Å². The zero-order valence-corrected chi connectivity index (χ0v) is 11.9. The first-order valence-corrected chi connectivity index (χ1v) is 6.40. The first-order valence-electron chi connectivity index (χ1n) is 5.64. The fourth-order valence-electron chi connectivity index (χ4n) is 1.52.